The van der Waals surface area contributed by atoms with Gasteiger partial charge in [-0.3, -0.25) is 0 Å². The molecule has 5 rings (SSSR count). The summed E-state index contributed by atoms with van der Waals surface area (Å²) >= 11 is 0. The Labute approximate surface area is 255 Å². The molecule has 0 aliphatic heterocycles. The van der Waals surface area contributed by atoms with E-state index in [0.29, 0.717) is 56.0 Å². The quantitative estimate of drug-likeness (QED) is 0.204. The van der Waals surface area contributed by atoms with Gasteiger partial charge in [0, 0.05) is 25.7 Å². The van der Waals surface area contributed by atoms with Crippen LogP contribution in [0.3, 0.4) is 0 Å². The zero-order chi connectivity index (χ0) is 31.8. The number of hydrogen-bond donors (Lipinski definition) is 4. The molecule has 4 aromatic carbocycles. The second kappa shape index (κ2) is 14.2. The summed E-state index contributed by atoms with van der Waals surface area (Å²) in [4.78, 5) is 32.2. The number of phenolic OH excluding ortho intramolecular Hbond substituents is 2. The van der Waals surface area contributed by atoms with Crippen molar-refractivity contribution >= 4 is 17.7 Å². The molecule has 0 saturated heterocycles. The fourth-order valence-corrected chi connectivity index (χ4v) is 5.15. The van der Waals surface area contributed by atoms with Crippen LogP contribution in [0.25, 0.3) is 0 Å². The number of fused-ring (bicyclic) bond motifs is 8. The van der Waals surface area contributed by atoms with Crippen molar-refractivity contribution in [2.24, 2.45) is 0 Å². The molecule has 0 amide bonds. The van der Waals surface area contributed by atoms with E-state index in [1.165, 1.54) is 13.8 Å². The van der Waals surface area contributed by atoms with E-state index in [4.69, 9.17) is 9.47 Å². The van der Waals surface area contributed by atoms with Crippen LogP contribution >= 0.6 is 0 Å². The lowest BCUT2D eigenvalue weighted by molar-refractivity contribution is -0.140. The molecule has 4 N–H and O–H groups in total. The number of carbonyl (C=O) groups is 3. The van der Waals surface area contributed by atoms with Crippen LogP contribution < -0.4 is 9.47 Å². The molecule has 1 aliphatic carbocycles. The lowest BCUT2D eigenvalue weighted by Gasteiger charge is -2.20. The third-order valence-electron chi connectivity index (χ3n) is 6.97. The number of hydrogen-bond acceptors (Lipinski definition) is 7. The van der Waals surface area contributed by atoms with Gasteiger partial charge in [0.25, 0.3) is 0 Å². The first-order valence-electron chi connectivity index (χ1n) is 14.0. The highest BCUT2D eigenvalue weighted by Crippen LogP contribution is 2.37. The Bertz CT molecular complexity index is 1480. The van der Waals surface area contributed by atoms with Crippen LogP contribution in [0.1, 0.15) is 58.4 Å². The van der Waals surface area contributed by atoms with Gasteiger partial charge in [-0.2, -0.15) is 0 Å². The van der Waals surface area contributed by atoms with Gasteiger partial charge in [-0.15, -0.1) is 0 Å². The lowest BCUT2D eigenvalue weighted by atomic mass is 9.91. The molecule has 44 heavy (non-hydrogen) atoms. The molecule has 0 saturated carbocycles. The molecule has 0 spiro atoms. The molecule has 0 heterocycles. The van der Waals surface area contributed by atoms with Gasteiger partial charge in [-0.1, -0.05) is 72.8 Å². The maximum Gasteiger partial charge on any atom is 0.341 e. The number of ether oxygens (including phenoxy) is 2. The van der Waals surface area contributed by atoms with Crippen molar-refractivity contribution < 1.29 is 44.3 Å². The minimum absolute atomic E-state index is 0.0848. The highest BCUT2D eigenvalue weighted by Gasteiger charge is 2.20. The van der Waals surface area contributed by atoms with Gasteiger partial charge >= 0.3 is 11.9 Å². The topological polar surface area (TPSA) is 151 Å². The first-order chi connectivity index (χ1) is 21.0. The first kappa shape index (κ1) is 31.6. The summed E-state index contributed by atoms with van der Waals surface area (Å²) in [5.41, 5.74) is 5.27. The van der Waals surface area contributed by atoms with Crippen LogP contribution in [0.2, 0.25) is 0 Å². The van der Waals surface area contributed by atoms with E-state index in [2.05, 4.69) is 0 Å². The predicted octanol–water partition coefficient (Wildman–Crippen LogP) is 5.30. The van der Waals surface area contributed by atoms with Gasteiger partial charge in [0.05, 0.1) is 0 Å². The van der Waals surface area contributed by atoms with E-state index in [1.54, 1.807) is 24.3 Å². The molecule has 1 aliphatic rings. The van der Waals surface area contributed by atoms with E-state index in [1.807, 2.05) is 48.5 Å². The van der Waals surface area contributed by atoms with Crippen molar-refractivity contribution in [3.05, 3.63) is 117 Å². The monoisotopic (exact) mass is 598 g/mol. The van der Waals surface area contributed by atoms with E-state index in [0.717, 1.165) is 0 Å². The zero-order valence-corrected chi connectivity index (χ0v) is 24.5. The second-order valence-electron chi connectivity index (χ2n) is 10.6. The first-order valence-corrected chi connectivity index (χ1v) is 14.0. The number of rotatable bonds is 6. The summed E-state index contributed by atoms with van der Waals surface area (Å²) in [7, 11) is 0. The molecule has 0 aromatic heterocycles. The Balaban J connectivity index is 0.00000104. The Kier molecular flexibility index (Phi) is 10.2. The van der Waals surface area contributed by atoms with Crippen LogP contribution in [-0.2, 0) is 40.1 Å². The number of para-hydroxylation sites is 4. The van der Waals surface area contributed by atoms with Crippen LogP contribution in [-0.4, -0.2) is 51.4 Å². The predicted molar refractivity (Wildman–Crippen MR) is 163 cm³/mol. The zero-order valence-electron chi connectivity index (χ0n) is 24.5. The van der Waals surface area contributed by atoms with Crippen molar-refractivity contribution in [2.45, 2.75) is 39.5 Å². The minimum Gasteiger partial charge on any atom is -0.507 e. The van der Waals surface area contributed by atoms with Crippen LogP contribution in [0.15, 0.2) is 72.8 Å². The van der Waals surface area contributed by atoms with E-state index in [-0.39, 0.29) is 43.0 Å². The number of aromatic hydroxyl groups is 2. The smallest absolute Gasteiger partial charge is 0.341 e. The van der Waals surface area contributed by atoms with Crippen LogP contribution in [0.5, 0.6) is 23.0 Å². The van der Waals surface area contributed by atoms with Gasteiger partial charge in [0.1, 0.15) is 28.8 Å². The summed E-state index contributed by atoms with van der Waals surface area (Å²) in [5, 5.41) is 41.2. The van der Waals surface area contributed by atoms with Crippen LogP contribution in [0, 0.1) is 0 Å². The van der Waals surface area contributed by atoms with Gasteiger partial charge in [-0.25, -0.2) is 9.59 Å². The molecular formula is C35H34O9. The normalized spacial score (nSPS) is 11.9. The third-order valence-corrected chi connectivity index (χ3v) is 6.97. The summed E-state index contributed by atoms with van der Waals surface area (Å²) in [6.07, 6.45) is 1.10. The van der Waals surface area contributed by atoms with Gasteiger partial charge in [0.2, 0.25) is 0 Å². The lowest BCUT2D eigenvalue weighted by Crippen LogP contribution is -2.13. The Morgan fingerprint density at radius 1 is 0.523 bits per heavy atom. The molecule has 9 heteroatoms. The largest absolute Gasteiger partial charge is 0.507 e. The number of carbonyl (C=O) groups excluding carboxylic acids is 1. The summed E-state index contributed by atoms with van der Waals surface area (Å²) in [5.74, 6) is -1.08. The standard InChI is InChI=1S/C32H28O8.C3H6O/c33-27(34)17-39-31-23-9-3-11-25(31)15-21-7-2-8-22(30(21)38)16-26-12-4-10-24(32(26)40-18-28(35)36)14-20-6-1-5-19(13-23)29(20)37;1-3(2)4/h1-12,37-38H,13-18H2,(H,33,34)(H,35,36);1-2H3. The second-order valence-corrected chi connectivity index (χ2v) is 10.6. The van der Waals surface area contributed by atoms with Gasteiger partial charge in [0.15, 0.2) is 13.2 Å². The molecule has 8 bridgehead atoms. The molecule has 0 fully saturated rings. The van der Waals surface area contributed by atoms with Crippen molar-refractivity contribution in [1.29, 1.82) is 0 Å². The fraction of sp³-hybridized carbons (Fsp3) is 0.229. The summed E-state index contributed by atoms with van der Waals surface area (Å²) in [6.45, 7) is 1.99. The molecule has 228 valence electrons. The number of phenols is 2. The number of carboxylic acid groups (broad SMARTS) is 2. The number of Topliss-reactive ketones (excluding diaryl/α,β-unsaturated/α-hetero) is 1. The molecule has 0 unspecified atom stereocenters. The third kappa shape index (κ3) is 7.95. The Morgan fingerprint density at radius 2 is 0.750 bits per heavy atom. The maximum atomic E-state index is 11.4. The molecule has 0 radical (unpaired) electrons. The minimum atomic E-state index is -1.11. The highest BCUT2D eigenvalue weighted by molar-refractivity contribution is 5.72. The van der Waals surface area contributed by atoms with Crippen molar-refractivity contribution in [1.82, 2.24) is 0 Å². The molecule has 0 atom stereocenters. The van der Waals surface area contributed by atoms with Crippen LogP contribution in [0.4, 0.5) is 0 Å². The van der Waals surface area contributed by atoms with Crippen molar-refractivity contribution in [3.8, 4) is 23.0 Å². The van der Waals surface area contributed by atoms with E-state index >= 15 is 0 Å². The number of carboxylic acids is 2. The number of benzene rings is 4. The summed E-state index contributed by atoms with van der Waals surface area (Å²) in [6, 6.07) is 21.8. The number of ketones is 1. The van der Waals surface area contributed by atoms with Gasteiger partial charge in [-0.05, 0) is 58.4 Å². The highest BCUT2D eigenvalue weighted by atomic mass is 16.5. The Hall–Kier alpha value is -5.31. The molecule has 9 nitrogen and oxygen atoms in total. The van der Waals surface area contributed by atoms with E-state index in [9.17, 15) is 34.8 Å². The Morgan fingerprint density at radius 3 is 0.977 bits per heavy atom. The van der Waals surface area contributed by atoms with Gasteiger partial charge < -0.3 is 34.7 Å². The summed E-state index contributed by atoms with van der Waals surface area (Å²) < 4.78 is 11.5. The average molecular weight is 599 g/mol. The van der Waals surface area contributed by atoms with E-state index < -0.39 is 25.2 Å². The molecule has 4 aromatic rings. The average Bonchev–Trinajstić information content (AvgIpc) is 2.95. The molecular weight excluding hydrogens is 564 g/mol. The maximum absolute atomic E-state index is 11.4. The SMILES string of the molecule is CC(C)=O.O=C(O)COc1c2cccc1Cc1cccc(c1O)Cc1cccc(c1OCC(=O)O)Cc1cccc(c1O)C2. The van der Waals surface area contributed by atoms with Crippen molar-refractivity contribution in [2.75, 3.05) is 13.2 Å². The fourth-order valence-electron chi connectivity index (χ4n) is 5.15. The van der Waals surface area contributed by atoms with Crippen molar-refractivity contribution in [3.63, 3.8) is 0 Å². The number of aliphatic carboxylic acids is 2.